The van der Waals surface area contributed by atoms with Crippen LogP contribution in [0.15, 0.2) is 0 Å². The van der Waals surface area contributed by atoms with Gasteiger partial charge in [-0.3, -0.25) is 19.3 Å². The third kappa shape index (κ3) is 5.45. The molecule has 1 atom stereocenters. The summed E-state index contributed by atoms with van der Waals surface area (Å²) >= 11 is 0. The molecule has 0 radical (unpaired) electrons. The summed E-state index contributed by atoms with van der Waals surface area (Å²) in [5, 5.41) is 5.22. The normalized spacial score (nSPS) is 20.2. The molecule has 9 nitrogen and oxygen atoms in total. The Morgan fingerprint density at radius 3 is 2.48 bits per heavy atom. The summed E-state index contributed by atoms with van der Waals surface area (Å²) in [5.41, 5.74) is 0. The largest absolute Gasteiger partial charge is 0.468 e. The minimum atomic E-state index is -0.707. The first kappa shape index (κ1) is 17.6. The van der Waals surface area contributed by atoms with E-state index in [1.54, 1.807) is 0 Å². The van der Waals surface area contributed by atoms with E-state index in [0.29, 0.717) is 39.5 Å². The smallest absolute Gasteiger partial charge is 0.325 e. The van der Waals surface area contributed by atoms with Crippen LogP contribution in [0.5, 0.6) is 0 Å². The molecular weight excluding hydrogens is 306 g/mol. The average molecular weight is 329 g/mol. The molecule has 0 bridgehead atoms. The second-order valence-electron chi connectivity index (χ2n) is 5.53. The number of esters is 1. The molecule has 2 amide bonds. The van der Waals surface area contributed by atoms with Crippen LogP contribution in [0.4, 0.5) is 0 Å². The van der Waals surface area contributed by atoms with Crippen LogP contribution in [-0.2, 0) is 28.6 Å². The van der Waals surface area contributed by atoms with Crippen molar-refractivity contribution in [2.24, 2.45) is 5.92 Å². The van der Waals surface area contributed by atoms with Crippen LogP contribution in [0.25, 0.3) is 0 Å². The fourth-order valence-corrected chi connectivity index (χ4v) is 2.37. The van der Waals surface area contributed by atoms with E-state index in [0.717, 1.165) is 0 Å². The maximum Gasteiger partial charge on any atom is 0.325 e. The summed E-state index contributed by atoms with van der Waals surface area (Å²) < 4.78 is 14.8. The number of amides is 2. The number of nitrogens with zero attached hydrogens (tertiary/aromatic N) is 1. The van der Waals surface area contributed by atoms with Crippen molar-refractivity contribution in [3.05, 3.63) is 0 Å². The molecule has 9 heteroatoms. The topological polar surface area (TPSA) is 106 Å². The third-order valence-electron chi connectivity index (χ3n) is 3.84. The number of methoxy groups -OCH3 is 1. The summed E-state index contributed by atoms with van der Waals surface area (Å²) in [6, 6.07) is -0.707. The van der Waals surface area contributed by atoms with Crippen molar-refractivity contribution < 1.29 is 28.6 Å². The number of hydrogen-bond donors (Lipinski definition) is 2. The van der Waals surface area contributed by atoms with Crippen molar-refractivity contribution in [2.75, 3.05) is 59.7 Å². The van der Waals surface area contributed by atoms with Gasteiger partial charge in [0.1, 0.15) is 12.6 Å². The van der Waals surface area contributed by atoms with Crippen LogP contribution in [0.1, 0.15) is 0 Å². The number of hydrogen-bond acceptors (Lipinski definition) is 7. The number of nitrogens with one attached hydrogen (secondary N) is 2. The fraction of sp³-hybridized carbons (Fsp3) is 0.786. The predicted molar refractivity (Wildman–Crippen MR) is 78.5 cm³/mol. The summed E-state index contributed by atoms with van der Waals surface area (Å²) in [4.78, 5) is 37.4. The van der Waals surface area contributed by atoms with E-state index in [1.165, 1.54) is 7.11 Å². The molecule has 0 aromatic heterocycles. The van der Waals surface area contributed by atoms with Gasteiger partial charge in [-0.05, 0) is 0 Å². The Labute approximate surface area is 134 Å². The summed E-state index contributed by atoms with van der Waals surface area (Å²) in [6.07, 6.45) is 0. The van der Waals surface area contributed by atoms with Crippen molar-refractivity contribution in [1.82, 2.24) is 15.5 Å². The van der Waals surface area contributed by atoms with Gasteiger partial charge in [-0.1, -0.05) is 0 Å². The van der Waals surface area contributed by atoms with E-state index in [-0.39, 0.29) is 24.9 Å². The molecule has 2 fully saturated rings. The Morgan fingerprint density at radius 2 is 1.91 bits per heavy atom. The van der Waals surface area contributed by atoms with Gasteiger partial charge in [0.25, 0.3) is 0 Å². The van der Waals surface area contributed by atoms with Gasteiger partial charge in [-0.25, -0.2) is 0 Å². The fourth-order valence-electron chi connectivity index (χ4n) is 2.37. The summed E-state index contributed by atoms with van der Waals surface area (Å²) in [6.45, 7) is 3.41. The lowest BCUT2D eigenvalue weighted by molar-refractivity contribution is -0.143. The molecule has 0 aromatic carbocycles. The maximum atomic E-state index is 12.2. The zero-order chi connectivity index (χ0) is 16.7. The molecule has 0 saturated carbocycles. The van der Waals surface area contributed by atoms with Crippen molar-refractivity contribution in [3.63, 3.8) is 0 Å². The number of morpholine rings is 1. The first-order chi connectivity index (χ1) is 11.1. The van der Waals surface area contributed by atoms with Crippen LogP contribution >= 0.6 is 0 Å². The van der Waals surface area contributed by atoms with Crippen molar-refractivity contribution >= 4 is 17.8 Å². The van der Waals surface area contributed by atoms with Gasteiger partial charge in [0.15, 0.2) is 0 Å². The van der Waals surface area contributed by atoms with E-state index >= 15 is 0 Å². The Morgan fingerprint density at radius 1 is 1.22 bits per heavy atom. The van der Waals surface area contributed by atoms with Gasteiger partial charge < -0.3 is 24.8 Å². The third-order valence-corrected chi connectivity index (χ3v) is 3.84. The molecule has 2 aliphatic heterocycles. The predicted octanol–water partition coefficient (Wildman–Crippen LogP) is -2.26. The Balaban J connectivity index is 1.83. The van der Waals surface area contributed by atoms with Gasteiger partial charge >= 0.3 is 5.97 Å². The molecule has 23 heavy (non-hydrogen) atoms. The minimum Gasteiger partial charge on any atom is -0.468 e. The van der Waals surface area contributed by atoms with E-state index in [1.807, 2.05) is 4.90 Å². The molecule has 2 saturated heterocycles. The molecule has 0 spiro atoms. The van der Waals surface area contributed by atoms with Crippen LogP contribution in [0.2, 0.25) is 0 Å². The first-order valence-electron chi connectivity index (χ1n) is 7.62. The van der Waals surface area contributed by atoms with Crippen molar-refractivity contribution in [3.8, 4) is 0 Å². The Bertz CT molecular complexity index is 434. The Hall–Kier alpha value is -1.71. The highest BCUT2D eigenvalue weighted by Crippen LogP contribution is 2.15. The van der Waals surface area contributed by atoms with E-state index < -0.39 is 17.9 Å². The van der Waals surface area contributed by atoms with Crippen LogP contribution in [-0.4, -0.2) is 88.4 Å². The molecular formula is C14H23N3O6. The summed E-state index contributed by atoms with van der Waals surface area (Å²) in [7, 11) is 1.25. The molecule has 1 unspecified atom stereocenters. The second-order valence-corrected chi connectivity index (χ2v) is 5.53. The lowest BCUT2D eigenvalue weighted by atomic mass is 9.97. The van der Waals surface area contributed by atoms with E-state index in [2.05, 4.69) is 15.4 Å². The van der Waals surface area contributed by atoms with E-state index in [9.17, 15) is 14.4 Å². The van der Waals surface area contributed by atoms with Crippen molar-refractivity contribution in [2.45, 2.75) is 6.04 Å². The van der Waals surface area contributed by atoms with Gasteiger partial charge in [-0.2, -0.15) is 0 Å². The molecule has 2 aliphatic rings. The van der Waals surface area contributed by atoms with Crippen LogP contribution < -0.4 is 10.6 Å². The molecule has 2 heterocycles. The van der Waals surface area contributed by atoms with Gasteiger partial charge in [0.2, 0.25) is 11.8 Å². The molecule has 0 aliphatic carbocycles. The number of carbonyl (C=O) groups excluding carboxylic acids is 3. The SMILES string of the molecule is COC(=O)CNC(=O)C(NC(=O)CN1CCOCC1)C1COC1. The Kier molecular flexibility index (Phi) is 6.75. The average Bonchev–Trinajstić information content (AvgIpc) is 2.50. The van der Waals surface area contributed by atoms with Gasteiger partial charge in [-0.15, -0.1) is 0 Å². The number of ether oxygens (including phenoxy) is 3. The minimum absolute atomic E-state index is 0.0821. The van der Waals surface area contributed by atoms with Crippen molar-refractivity contribution in [1.29, 1.82) is 0 Å². The number of rotatable bonds is 7. The zero-order valence-corrected chi connectivity index (χ0v) is 13.2. The quantitative estimate of drug-likeness (QED) is 0.508. The second kappa shape index (κ2) is 8.80. The molecule has 0 aromatic rings. The monoisotopic (exact) mass is 329 g/mol. The van der Waals surface area contributed by atoms with Crippen LogP contribution in [0, 0.1) is 5.92 Å². The first-order valence-corrected chi connectivity index (χ1v) is 7.62. The highest BCUT2D eigenvalue weighted by molar-refractivity contribution is 5.90. The number of carbonyl (C=O) groups is 3. The summed E-state index contributed by atoms with van der Waals surface area (Å²) in [5.74, 6) is -1.25. The highest BCUT2D eigenvalue weighted by atomic mass is 16.5. The maximum absolute atomic E-state index is 12.2. The lowest BCUT2D eigenvalue weighted by Crippen LogP contribution is -2.58. The highest BCUT2D eigenvalue weighted by Gasteiger charge is 2.35. The van der Waals surface area contributed by atoms with Gasteiger partial charge in [0.05, 0.1) is 40.1 Å². The molecule has 130 valence electrons. The zero-order valence-electron chi connectivity index (χ0n) is 13.2. The molecule has 2 rings (SSSR count). The lowest BCUT2D eigenvalue weighted by Gasteiger charge is -2.34. The standard InChI is InChI=1S/C14H23N3O6/c1-21-12(19)6-15-14(20)13(10-8-23-9-10)16-11(18)7-17-2-4-22-5-3-17/h10,13H,2-9H2,1H3,(H,15,20)(H,16,18). The van der Waals surface area contributed by atoms with E-state index in [4.69, 9.17) is 9.47 Å². The van der Waals surface area contributed by atoms with Gasteiger partial charge in [0, 0.05) is 19.0 Å². The molecule has 2 N–H and O–H groups in total. The van der Waals surface area contributed by atoms with Crippen LogP contribution in [0.3, 0.4) is 0 Å².